The summed E-state index contributed by atoms with van der Waals surface area (Å²) in [4.78, 5) is 14.1. The van der Waals surface area contributed by atoms with Crippen LogP contribution in [-0.2, 0) is 11.2 Å². The lowest BCUT2D eigenvalue weighted by Crippen LogP contribution is -2.36. The smallest absolute Gasteiger partial charge is 0.234 e. The van der Waals surface area contributed by atoms with E-state index in [1.165, 1.54) is 0 Å². The molecule has 0 unspecified atom stereocenters. The second-order valence-electron chi connectivity index (χ2n) is 3.15. The van der Waals surface area contributed by atoms with Crippen LogP contribution in [-0.4, -0.2) is 30.0 Å². The molecule has 0 aromatic carbocycles. The van der Waals surface area contributed by atoms with Crippen LogP contribution in [0.15, 0.2) is 18.5 Å². The van der Waals surface area contributed by atoms with Crippen LogP contribution in [0.5, 0.6) is 0 Å². The number of aromatic nitrogens is 1. The summed E-state index contributed by atoms with van der Waals surface area (Å²) in [6.07, 6.45) is 5.07. The maximum absolute atomic E-state index is 11.2. The van der Waals surface area contributed by atoms with Gasteiger partial charge in [-0.25, -0.2) is 5.01 Å². The molecule has 1 aromatic rings. The fourth-order valence-electron chi connectivity index (χ4n) is 1.08. The van der Waals surface area contributed by atoms with E-state index in [-0.39, 0.29) is 5.91 Å². The molecule has 0 aliphatic carbocycles. The summed E-state index contributed by atoms with van der Waals surface area (Å²) in [6, 6.07) is 1.98. The van der Waals surface area contributed by atoms with E-state index >= 15 is 0 Å². The minimum Gasteiger partial charge on any atom is -0.367 e. The van der Waals surface area contributed by atoms with Crippen LogP contribution in [0, 0.1) is 0 Å². The van der Waals surface area contributed by atoms with E-state index in [0.29, 0.717) is 6.42 Å². The largest absolute Gasteiger partial charge is 0.367 e. The van der Waals surface area contributed by atoms with Crippen molar-refractivity contribution in [2.45, 2.75) is 12.8 Å². The summed E-state index contributed by atoms with van der Waals surface area (Å²) in [7, 11) is 3.60. The number of H-pyrrole nitrogens is 1. The zero-order valence-corrected chi connectivity index (χ0v) is 8.00. The highest BCUT2D eigenvalue weighted by atomic mass is 16.2. The molecule has 0 bridgehead atoms. The SMILES string of the molecule is CN(C)NC(=O)CCc1cc[nH]c1. The Bertz CT molecular complexity index is 254. The van der Waals surface area contributed by atoms with Gasteiger partial charge in [-0.15, -0.1) is 0 Å². The Kier molecular flexibility index (Phi) is 3.52. The number of aryl methyl sites for hydroxylation is 1. The van der Waals surface area contributed by atoms with Crippen molar-refractivity contribution >= 4 is 5.91 Å². The van der Waals surface area contributed by atoms with Gasteiger partial charge in [0.25, 0.3) is 0 Å². The first kappa shape index (κ1) is 9.80. The second kappa shape index (κ2) is 4.67. The maximum Gasteiger partial charge on any atom is 0.234 e. The molecule has 1 aromatic heterocycles. The first-order valence-corrected chi connectivity index (χ1v) is 4.27. The third-order valence-electron chi connectivity index (χ3n) is 1.65. The molecule has 0 fully saturated rings. The third-order valence-corrected chi connectivity index (χ3v) is 1.65. The van der Waals surface area contributed by atoms with Crippen molar-refractivity contribution in [1.82, 2.24) is 15.4 Å². The normalized spacial score (nSPS) is 10.4. The molecule has 72 valence electrons. The number of rotatable bonds is 4. The first-order chi connectivity index (χ1) is 6.18. The molecule has 4 heteroatoms. The van der Waals surface area contributed by atoms with Gasteiger partial charge < -0.3 is 4.98 Å². The number of carbonyl (C=O) groups is 1. The van der Waals surface area contributed by atoms with Gasteiger partial charge >= 0.3 is 0 Å². The average Bonchev–Trinajstić information content (AvgIpc) is 2.51. The molecular weight excluding hydrogens is 166 g/mol. The molecule has 1 amide bonds. The van der Waals surface area contributed by atoms with Crippen molar-refractivity contribution < 1.29 is 4.79 Å². The fraction of sp³-hybridized carbons (Fsp3) is 0.444. The summed E-state index contributed by atoms with van der Waals surface area (Å²) in [5, 5.41) is 1.65. The highest BCUT2D eigenvalue weighted by Crippen LogP contribution is 2.00. The minimum absolute atomic E-state index is 0.0474. The zero-order chi connectivity index (χ0) is 9.68. The Morgan fingerprint density at radius 3 is 2.92 bits per heavy atom. The van der Waals surface area contributed by atoms with E-state index in [0.717, 1.165) is 12.0 Å². The summed E-state index contributed by atoms with van der Waals surface area (Å²) >= 11 is 0. The molecule has 0 saturated heterocycles. The van der Waals surface area contributed by atoms with Crippen LogP contribution in [0.1, 0.15) is 12.0 Å². The van der Waals surface area contributed by atoms with Gasteiger partial charge in [-0.05, 0) is 18.1 Å². The van der Waals surface area contributed by atoms with Gasteiger partial charge in [0, 0.05) is 32.9 Å². The van der Waals surface area contributed by atoms with Crippen LogP contribution in [0.3, 0.4) is 0 Å². The Morgan fingerprint density at radius 2 is 2.38 bits per heavy atom. The van der Waals surface area contributed by atoms with Gasteiger partial charge in [-0.3, -0.25) is 10.2 Å². The van der Waals surface area contributed by atoms with Crippen LogP contribution in [0.25, 0.3) is 0 Å². The molecule has 1 heterocycles. The lowest BCUT2D eigenvalue weighted by Gasteiger charge is -2.10. The Labute approximate surface area is 77.9 Å². The first-order valence-electron chi connectivity index (χ1n) is 4.27. The van der Waals surface area contributed by atoms with Gasteiger partial charge in [-0.2, -0.15) is 0 Å². The highest BCUT2D eigenvalue weighted by Gasteiger charge is 2.02. The van der Waals surface area contributed by atoms with Crippen LogP contribution >= 0.6 is 0 Å². The summed E-state index contributed by atoms with van der Waals surface area (Å²) in [5.74, 6) is 0.0474. The molecule has 0 atom stereocenters. The number of hydrogen-bond donors (Lipinski definition) is 2. The molecule has 13 heavy (non-hydrogen) atoms. The van der Waals surface area contributed by atoms with E-state index < -0.39 is 0 Å². The monoisotopic (exact) mass is 181 g/mol. The third kappa shape index (κ3) is 3.75. The number of nitrogens with one attached hydrogen (secondary N) is 2. The number of hydrogen-bond acceptors (Lipinski definition) is 2. The Hall–Kier alpha value is -1.29. The van der Waals surface area contributed by atoms with Crippen molar-refractivity contribution in [1.29, 1.82) is 0 Å². The minimum atomic E-state index is 0.0474. The highest BCUT2D eigenvalue weighted by molar-refractivity contribution is 5.75. The van der Waals surface area contributed by atoms with Crippen LogP contribution in [0.4, 0.5) is 0 Å². The summed E-state index contributed by atoms with van der Waals surface area (Å²) in [6.45, 7) is 0. The number of amides is 1. The van der Waals surface area contributed by atoms with Gasteiger partial charge in [0.1, 0.15) is 0 Å². The topological polar surface area (TPSA) is 48.1 Å². The van der Waals surface area contributed by atoms with Gasteiger partial charge in [0.2, 0.25) is 5.91 Å². The number of nitrogens with zero attached hydrogens (tertiary/aromatic N) is 1. The summed E-state index contributed by atoms with van der Waals surface area (Å²) < 4.78 is 0. The molecule has 2 N–H and O–H groups in total. The van der Waals surface area contributed by atoms with Crippen LogP contribution in [0.2, 0.25) is 0 Å². The lowest BCUT2D eigenvalue weighted by molar-refractivity contribution is -0.124. The van der Waals surface area contributed by atoms with E-state index in [4.69, 9.17) is 0 Å². The molecule has 0 radical (unpaired) electrons. The quantitative estimate of drug-likeness (QED) is 0.666. The number of aromatic amines is 1. The fourth-order valence-corrected chi connectivity index (χ4v) is 1.08. The zero-order valence-electron chi connectivity index (χ0n) is 8.00. The van der Waals surface area contributed by atoms with Crippen molar-refractivity contribution in [2.75, 3.05) is 14.1 Å². The predicted octanol–water partition coefficient (Wildman–Crippen LogP) is 0.540. The molecule has 1 rings (SSSR count). The van der Waals surface area contributed by atoms with E-state index in [2.05, 4.69) is 10.4 Å². The molecule has 0 spiro atoms. The summed E-state index contributed by atoms with van der Waals surface area (Å²) in [5.41, 5.74) is 3.85. The van der Waals surface area contributed by atoms with Crippen LogP contribution < -0.4 is 5.43 Å². The van der Waals surface area contributed by atoms with Crippen molar-refractivity contribution in [3.05, 3.63) is 24.0 Å². The van der Waals surface area contributed by atoms with E-state index in [1.54, 1.807) is 19.1 Å². The van der Waals surface area contributed by atoms with E-state index in [1.807, 2.05) is 18.5 Å². The standard InChI is InChI=1S/C9H15N3O/c1-12(2)11-9(13)4-3-8-5-6-10-7-8/h5-7,10H,3-4H2,1-2H3,(H,11,13). The van der Waals surface area contributed by atoms with E-state index in [9.17, 15) is 4.79 Å². The molecule has 0 saturated carbocycles. The molecule has 0 aliphatic heterocycles. The number of carbonyl (C=O) groups excluding carboxylic acids is 1. The maximum atomic E-state index is 11.2. The van der Waals surface area contributed by atoms with Crippen molar-refractivity contribution in [3.8, 4) is 0 Å². The van der Waals surface area contributed by atoms with Crippen molar-refractivity contribution in [2.24, 2.45) is 0 Å². The number of hydrazine groups is 1. The second-order valence-corrected chi connectivity index (χ2v) is 3.15. The lowest BCUT2D eigenvalue weighted by atomic mass is 10.2. The molecule has 0 aliphatic rings. The molecule has 4 nitrogen and oxygen atoms in total. The van der Waals surface area contributed by atoms with Gasteiger partial charge in [0.05, 0.1) is 0 Å². The van der Waals surface area contributed by atoms with Gasteiger partial charge in [0.15, 0.2) is 0 Å². The predicted molar refractivity (Wildman–Crippen MR) is 50.9 cm³/mol. The average molecular weight is 181 g/mol. The van der Waals surface area contributed by atoms with Crippen molar-refractivity contribution in [3.63, 3.8) is 0 Å². The molecular formula is C9H15N3O. The van der Waals surface area contributed by atoms with Gasteiger partial charge in [-0.1, -0.05) is 0 Å². The Morgan fingerprint density at radius 1 is 1.62 bits per heavy atom. The Balaban J connectivity index is 2.23.